The topological polar surface area (TPSA) is 12.0 Å². The smallest absolute Gasteiger partial charge is 0.0350 e. The first-order valence-corrected chi connectivity index (χ1v) is 7.79. The van der Waals surface area contributed by atoms with Gasteiger partial charge in [-0.1, -0.05) is 47.6 Å². The van der Waals surface area contributed by atoms with Gasteiger partial charge in [-0.15, -0.1) is 0 Å². The Morgan fingerprint density at radius 3 is 1.70 bits per heavy atom. The minimum atomic E-state index is 0.0874. The third-order valence-corrected chi connectivity index (χ3v) is 3.98. The van der Waals surface area contributed by atoms with Crippen molar-refractivity contribution in [3.05, 3.63) is 29.3 Å². The van der Waals surface area contributed by atoms with E-state index < -0.39 is 0 Å². The molecule has 0 aliphatic carbocycles. The van der Waals surface area contributed by atoms with E-state index in [0.29, 0.717) is 0 Å². The van der Waals surface area contributed by atoms with Crippen molar-refractivity contribution >= 4 is 5.69 Å². The van der Waals surface area contributed by atoms with Gasteiger partial charge in [0, 0.05) is 11.2 Å². The Morgan fingerprint density at radius 1 is 0.800 bits per heavy atom. The average molecular weight is 275 g/mol. The van der Waals surface area contributed by atoms with Crippen LogP contribution in [-0.4, -0.2) is 5.54 Å². The predicted octanol–water partition coefficient (Wildman–Crippen LogP) is 5.88. The molecule has 1 aromatic carbocycles. The van der Waals surface area contributed by atoms with Crippen LogP contribution in [-0.2, 0) is 10.8 Å². The summed E-state index contributed by atoms with van der Waals surface area (Å²) in [6.45, 7) is 20.4. The second-order valence-electron chi connectivity index (χ2n) is 8.66. The Labute approximate surface area is 126 Å². The molecule has 0 atom stereocenters. The molecule has 0 aromatic heterocycles. The average Bonchev–Trinajstić information content (AvgIpc) is 2.25. The molecule has 0 heterocycles. The van der Waals surface area contributed by atoms with E-state index in [1.807, 2.05) is 0 Å². The van der Waals surface area contributed by atoms with Gasteiger partial charge in [0.25, 0.3) is 0 Å². The third kappa shape index (κ3) is 4.54. The summed E-state index contributed by atoms with van der Waals surface area (Å²) in [5.74, 6) is 0. The first-order valence-electron chi connectivity index (χ1n) is 7.79. The fourth-order valence-corrected chi connectivity index (χ4v) is 2.16. The second kappa shape index (κ2) is 5.42. The predicted molar refractivity (Wildman–Crippen MR) is 91.8 cm³/mol. The first-order chi connectivity index (χ1) is 8.85. The van der Waals surface area contributed by atoms with Crippen molar-refractivity contribution in [2.24, 2.45) is 0 Å². The SMILES string of the molecule is CCC(C)(C)c1cc(NC(C)(C)C)cc(C(C)(C)C)c1. The van der Waals surface area contributed by atoms with E-state index in [1.165, 1.54) is 16.8 Å². The third-order valence-electron chi connectivity index (χ3n) is 3.98. The standard InChI is InChI=1S/C19H33N/c1-10-19(8,9)15-11-14(17(2,3)4)12-16(13-15)20-18(5,6)7/h11-13,20H,10H2,1-9H3. The number of rotatable bonds is 3. The molecule has 114 valence electrons. The normalized spacial score (nSPS) is 13.4. The Hall–Kier alpha value is -0.980. The van der Waals surface area contributed by atoms with Crippen LogP contribution in [0.4, 0.5) is 5.69 Å². The van der Waals surface area contributed by atoms with Crippen LogP contribution < -0.4 is 5.32 Å². The highest BCUT2D eigenvalue weighted by Crippen LogP contribution is 2.34. The maximum absolute atomic E-state index is 3.63. The van der Waals surface area contributed by atoms with Crippen LogP contribution in [0.5, 0.6) is 0 Å². The number of hydrogen-bond donors (Lipinski definition) is 1. The summed E-state index contributed by atoms with van der Waals surface area (Å²) >= 11 is 0. The minimum absolute atomic E-state index is 0.0874. The Balaban J connectivity index is 3.36. The van der Waals surface area contributed by atoms with E-state index in [1.54, 1.807) is 0 Å². The lowest BCUT2D eigenvalue weighted by Crippen LogP contribution is -2.27. The maximum Gasteiger partial charge on any atom is 0.0350 e. The fraction of sp³-hybridized carbons (Fsp3) is 0.684. The van der Waals surface area contributed by atoms with E-state index in [-0.39, 0.29) is 16.4 Å². The molecule has 0 bridgehead atoms. The molecular formula is C19H33N. The van der Waals surface area contributed by atoms with Gasteiger partial charge in [-0.05, 0) is 61.3 Å². The molecule has 1 aromatic rings. The number of nitrogens with one attached hydrogen (secondary N) is 1. The van der Waals surface area contributed by atoms with E-state index in [0.717, 1.165) is 6.42 Å². The summed E-state index contributed by atoms with van der Waals surface area (Å²) in [4.78, 5) is 0. The molecule has 1 N–H and O–H groups in total. The molecular weight excluding hydrogens is 242 g/mol. The molecule has 20 heavy (non-hydrogen) atoms. The van der Waals surface area contributed by atoms with Crippen molar-refractivity contribution < 1.29 is 0 Å². The van der Waals surface area contributed by atoms with Crippen molar-refractivity contribution in [3.63, 3.8) is 0 Å². The van der Waals surface area contributed by atoms with Crippen LogP contribution >= 0.6 is 0 Å². The molecule has 0 fully saturated rings. The van der Waals surface area contributed by atoms with Gasteiger partial charge < -0.3 is 5.32 Å². The summed E-state index contributed by atoms with van der Waals surface area (Å²) in [6, 6.07) is 7.02. The highest BCUT2D eigenvalue weighted by atomic mass is 14.9. The zero-order valence-electron chi connectivity index (χ0n) is 14.9. The molecule has 0 spiro atoms. The van der Waals surface area contributed by atoms with E-state index >= 15 is 0 Å². The van der Waals surface area contributed by atoms with Gasteiger partial charge in [0.15, 0.2) is 0 Å². The van der Waals surface area contributed by atoms with Gasteiger partial charge in [-0.3, -0.25) is 0 Å². The summed E-state index contributed by atoms with van der Waals surface area (Å²) < 4.78 is 0. The van der Waals surface area contributed by atoms with Crippen LogP contribution in [0.25, 0.3) is 0 Å². The van der Waals surface area contributed by atoms with Crippen LogP contribution in [0.15, 0.2) is 18.2 Å². The Bertz CT molecular complexity index is 456. The second-order valence-corrected chi connectivity index (χ2v) is 8.66. The molecule has 0 saturated heterocycles. The Kier molecular flexibility index (Phi) is 4.63. The van der Waals surface area contributed by atoms with Gasteiger partial charge in [-0.25, -0.2) is 0 Å². The first kappa shape index (κ1) is 17.1. The summed E-state index contributed by atoms with van der Waals surface area (Å²) in [5.41, 5.74) is 4.55. The molecule has 0 unspecified atom stereocenters. The minimum Gasteiger partial charge on any atom is -0.380 e. The van der Waals surface area contributed by atoms with Crippen molar-refractivity contribution in [3.8, 4) is 0 Å². The zero-order chi connectivity index (χ0) is 15.8. The van der Waals surface area contributed by atoms with Crippen LogP contribution in [0, 0.1) is 0 Å². The van der Waals surface area contributed by atoms with Crippen LogP contribution in [0.2, 0.25) is 0 Å². The zero-order valence-corrected chi connectivity index (χ0v) is 14.9. The number of benzene rings is 1. The lowest BCUT2D eigenvalue weighted by Gasteiger charge is -2.30. The lowest BCUT2D eigenvalue weighted by atomic mass is 9.78. The summed E-state index contributed by atoms with van der Waals surface area (Å²) in [7, 11) is 0. The number of hydrogen-bond acceptors (Lipinski definition) is 1. The van der Waals surface area contributed by atoms with Crippen molar-refractivity contribution in [2.75, 3.05) is 5.32 Å². The quantitative estimate of drug-likeness (QED) is 0.726. The molecule has 1 nitrogen and oxygen atoms in total. The lowest BCUT2D eigenvalue weighted by molar-refractivity contribution is 0.502. The van der Waals surface area contributed by atoms with E-state index in [2.05, 4.69) is 85.8 Å². The van der Waals surface area contributed by atoms with Gasteiger partial charge in [-0.2, -0.15) is 0 Å². The van der Waals surface area contributed by atoms with E-state index in [9.17, 15) is 0 Å². The van der Waals surface area contributed by atoms with Gasteiger partial charge >= 0.3 is 0 Å². The fourth-order valence-electron chi connectivity index (χ4n) is 2.16. The highest BCUT2D eigenvalue weighted by Gasteiger charge is 2.23. The van der Waals surface area contributed by atoms with Crippen molar-refractivity contribution in [1.82, 2.24) is 0 Å². The molecule has 1 heteroatoms. The molecule has 0 saturated carbocycles. The Morgan fingerprint density at radius 2 is 1.30 bits per heavy atom. The molecule has 0 radical (unpaired) electrons. The maximum atomic E-state index is 3.63. The highest BCUT2D eigenvalue weighted by molar-refractivity contribution is 5.53. The largest absolute Gasteiger partial charge is 0.380 e. The molecule has 0 aliphatic rings. The van der Waals surface area contributed by atoms with E-state index in [4.69, 9.17) is 0 Å². The van der Waals surface area contributed by atoms with Crippen molar-refractivity contribution in [2.45, 2.75) is 85.1 Å². The number of anilines is 1. The summed E-state index contributed by atoms with van der Waals surface area (Å²) in [6.07, 6.45) is 1.15. The molecule has 0 amide bonds. The van der Waals surface area contributed by atoms with Gasteiger partial charge in [0.05, 0.1) is 0 Å². The van der Waals surface area contributed by atoms with Crippen LogP contribution in [0.1, 0.15) is 79.9 Å². The summed E-state index contributed by atoms with van der Waals surface area (Å²) in [5, 5.41) is 3.63. The molecule has 1 rings (SSSR count). The molecule has 0 aliphatic heterocycles. The van der Waals surface area contributed by atoms with Gasteiger partial charge in [0.1, 0.15) is 0 Å². The van der Waals surface area contributed by atoms with Crippen molar-refractivity contribution in [1.29, 1.82) is 0 Å². The monoisotopic (exact) mass is 275 g/mol. The van der Waals surface area contributed by atoms with Crippen LogP contribution in [0.3, 0.4) is 0 Å². The van der Waals surface area contributed by atoms with Gasteiger partial charge in [0.2, 0.25) is 0 Å².